The van der Waals surface area contributed by atoms with E-state index in [1.165, 1.54) is 17.4 Å². The predicted octanol–water partition coefficient (Wildman–Crippen LogP) is 3.83. The van der Waals surface area contributed by atoms with Crippen molar-refractivity contribution in [3.63, 3.8) is 0 Å². The van der Waals surface area contributed by atoms with Gasteiger partial charge < -0.3 is 4.90 Å². The molecule has 5 nitrogen and oxygen atoms in total. The van der Waals surface area contributed by atoms with Crippen LogP contribution in [0, 0.1) is 10.1 Å². The zero-order chi connectivity index (χ0) is 13.8. The van der Waals surface area contributed by atoms with E-state index >= 15 is 0 Å². The summed E-state index contributed by atoms with van der Waals surface area (Å²) in [6.45, 7) is 6.15. The number of nitrogens with zero attached hydrogens (tertiary/aromatic N) is 3. The number of hydrogen-bond donors (Lipinski definition) is 0. The van der Waals surface area contributed by atoms with Crippen LogP contribution in [0.5, 0.6) is 0 Å². The Balaban J connectivity index is 2.31. The molecule has 102 valence electrons. The lowest BCUT2D eigenvalue weighted by Gasteiger charge is -2.18. The second kappa shape index (κ2) is 5.97. The van der Waals surface area contributed by atoms with Crippen LogP contribution in [0.25, 0.3) is 10.2 Å². The van der Waals surface area contributed by atoms with E-state index < -0.39 is 0 Å². The molecule has 1 heterocycles. The van der Waals surface area contributed by atoms with Crippen molar-refractivity contribution in [3.05, 3.63) is 28.3 Å². The molecule has 0 N–H and O–H groups in total. The fourth-order valence-corrected chi connectivity index (χ4v) is 2.98. The zero-order valence-electron chi connectivity index (χ0n) is 11.1. The molecule has 0 radical (unpaired) electrons. The number of fused-ring (bicyclic) bond motifs is 1. The van der Waals surface area contributed by atoms with Crippen molar-refractivity contribution >= 4 is 32.4 Å². The van der Waals surface area contributed by atoms with Crippen LogP contribution in [0.1, 0.15) is 26.7 Å². The second-order valence-electron chi connectivity index (χ2n) is 4.34. The normalized spacial score (nSPS) is 10.8. The maximum absolute atomic E-state index is 10.8. The third-order valence-corrected chi connectivity index (χ3v) is 4.08. The Hall–Kier alpha value is -1.69. The lowest BCUT2D eigenvalue weighted by atomic mass is 10.3. The average molecular weight is 279 g/mol. The number of anilines is 1. The number of aromatic nitrogens is 1. The first kappa shape index (κ1) is 13.7. The van der Waals surface area contributed by atoms with Gasteiger partial charge in [0.25, 0.3) is 5.69 Å². The summed E-state index contributed by atoms with van der Waals surface area (Å²) in [7, 11) is 0. The van der Waals surface area contributed by atoms with Crippen molar-refractivity contribution in [1.29, 1.82) is 0 Å². The monoisotopic (exact) mass is 279 g/mol. The van der Waals surface area contributed by atoms with Crippen molar-refractivity contribution < 1.29 is 4.92 Å². The molecule has 0 bridgehead atoms. The van der Waals surface area contributed by atoms with E-state index in [9.17, 15) is 10.1 Å². The van der Waals surface area contributed by atoms with Crippen LogP contribution in [0.15, 0.2) is 18.2 Å². The summed E-state index contributed by atoms with van der Waals surface area (Å²) in [5.41, 5.74) is 0.958. The molecule has 0 spiro atoms. The van der Waals surface area contributed by atoms with Crippen LogP contribution in [-0.2, 0) is 0 Å². The van der Waals surface area contributed by atoms with Crippen molar-refractivity contribution in [2.75, 3.05) is 18.0 Å². The van der Waals surface area contributed by atoms with Crippen molar-refractivity contribution in [2.45, 2.75) is 26.7 Å². The Morgan fingerprint density at radius 3 is 2.84 bits per heavy atom. The van der Waals surface area contributed by atoms with Gasteiger partial charge >= 0.3 is 0 Å². The Kier molecular flexibility index (Phi) is 4.31. The quantitative estimate of drug-likeness (QED) is 0.595. The van der Waals surface area contributed by atoms with E-state index in [1.54, 1.807) is 12.1 Å². The molecule has 1 aromatic carbocycles. The first-order valence-electron chi connectivity index (χ1n) is 6.45. The fourth-order valence-electron chi connectivity index (χ4n) is 1.89. The van der Waals surface area contributed by atoms with E-state index in [1.807, 2.05) is 0 Å². The highest BCUT2D eigenvalue weighted by atomic mass is 32.1. The van der Waals surface area contributed by atoms with Gasteiger partial charge in [0.05, 0.1) is 15.1 Å². The SMILES string of the molecule is CCCCN(CC)c1nc2ccc([N+](=O)[O-])cc2s1. The van der Waals surface area contributed by atoms with Crippen LogP contribution in [0.3, 0.4) is 0 Å². The van der Waals surface area contributed by atoms with Gasteiger partial charge in [-0.3, -0.25) is 10.1 Å². The van der Waals surface area contributed by atoms with E-state index in [4.69, 9.17) is 0 Å². The second-order valence-corrected chi connectivity index (χ2v) is 5.35. The largest absolute Gasteiger partial charge is 0.348 e. The van der Waals surface area contributed by atoms with Crippen LogP contribution in [-0.4, -0.2) is 23.0 Å². The van der Waals surface area contributed by atoms with E-state index in [0.717, 1.165) is 41.3 Å². The van der Waals surface area contributed by atoms with Crippen molar-refractivity contribution in [2.24, 2.45) is 0 Å². The summed E-state index contributed by atoms with van der Waals surface area (Å²) in [5, 5.41) is 11.7. The van der Waals surface area contributed by atoms with Crippen LogP contribution < -0.4 is 4.90 Å². The molecule has 2 aromatic rings. The van der Waals surface area contributed by atoms with Gasteiger partial charge in [-0.2, -0.15) is 0 Å². The molecule has 0 unspecified atom stereocenters. The van der Waals surface area contributed by atoms with Gasteiger partial charge in [0, 0.05) is 25.2 Å². The van der Waals surface area contributed by atoms with Crippen molar-refractivity contribution in [3.8, 4) is 0 Å². The molecular formula is C13H17N3O2S. The van der Waals surface area contributed by atoms with Crippen molar-refractivity contribution in [1.82, 2.24) is 4.98 Å². The number of nitro benzene ring substituents is 1. The number of thiazole rings is 1. The molecule has 1 aromatic heterocycles. The molecule has 19 heavy (non-hydrogen) atoms. The third kappa shape index (κ3) is 3.01. The number of non-ortho nitro benzene ring substituents is 1. The number of hydrogen-bond acceptors (Lipinski definition) is 5. The Labute approximate surface area is 116 Å². The topological polar surface area (TPSA) is 59.3 Å². The smallest absolute Gasteiger partial charge is 0.270 e. The molecular weight excluding hydrogens is 262 g/mol. The number of nitro groups is 1. The molecule has 0 aliphatic rings. The van der Waals surface area contributed by atoms with Gasteiger partial charge in [-0.15, -0.1) is 0 Å². The summed E-state index contributed by atoms with van der Waals surface area (Å²) in [5.74, 6) is 0. The van der Waals surface area contributed by atoms with Gasteiger partial charge in [0.15, 0.2) is 5.13 Å². The van der Waals surface area contributed by atoms with Gasteiger partial charge in [0.1, 0.15) is 0 Å². The molecule has 6 heteroatoms. The maximum atomic E-state index is 10.8. The molecule has 0 saturated carbocycles. The summed E-state index contributed by atoms with van der Waals surface area (Å²) in [6.07, 6.45) is 2.27. The lowest BCUT2D eigenvalue weighted by molar-refractivity contribution is -0.384. The van der Waals surface area contributed by atoms with E-state index in [2.05, 4.69) is 23.7 Å². The standard InChI is InChI=1S/C13H17N3O2S/c1-3-5-8-15(4-2)13-14-11-7-6-10(16(17)18)9-12(11)19-13/h6-7,9H,3-5,8H2,1-2H3. The predicted molar refractivity (Wildman–Crippen MR) is 79.1 cm³/mol. The van der Waals surface area contributed by atoms with Gasteiger partial charge in [-0.05, 0) is 19.4 Å². The Morgan fingerprint density at radius 1 is 1.42 bits per heavy atom. The number of rotatable bonds is 6. The van der Waals surface area contributed by atoms with Crippen LogP contribution >= 0.6 is 11.3 Å². The maximum Gasteiger partial charge on any atom is 0.270 e. The molecule has 0 saturated heterocycles. The molecule has 0 fully saturated rings. The average Bonchev–Trinajstić information content (AvgIpc) is 2.82. The van der Waals surface area contributed by atoms with Gasteiger partial charge in [-0.1, -0.05) is 24.7 Å². The summed E-state index contributed by atoms with van der Waals surface area (Å²) in [4.78, 5) is 17.2. The highest BCUT2D eigenvalue weighted by Gasteiger charge is 2.13. The minimum atomic E-state index is -0.368. The summed E-state index contributed by atoms with van der Waals surface area (Å²) in [6, 6.07) is 4.83. The lowest BCUT2D eigenvalue weighted by Crippen LogP contribution is -2.23. The van der Waals surface area contributed by atoms with E-state index in [0.29, 0.717) is 0 Å². The van der Waals surface area contributed by atoms with Gasteiger partial charge in [0.2, 0.25) is 0 Å². The highest BCUT2D eigenvalue weighted by Crippen LogP contribution is 2.31. The number of benzene rings is 1. The minimum Gasteiger partial charge on any atom is -0.348 e. The molecule has 2 rings (SSSR count). The molecule has 0 aliphatic heterocycles. The first-order chi connectivity index (χ1) is 9.15. The Bertz CT molecular complexity index is 582. The van der Waals surface area contributed by atoms with Crippen LogP contribution in [0.4, 0.5) is 10.8 Å². The fraction of sp³-hybridized carbons (Fsp3) is 0.462. The molecule has 0 amide bonds. The number of unbranched alkanes of at least 4 members (excludes halogenated alkanes) is 1. The van der Waals surface area contributed by atoms with Gasteiger partial charge in [-0.25, -0.2) is 4.98 Å². The minimum absolute atomic E-state index is 0.124. The third-order valence-electron chi connectivity index (χ3n) is 3.01. The summed E-state index contributed by atoms with van der Waals surface area (Å²) < 4.78 is 0.874. The summed E-state index contributed by atoms with van der Waals surface area (Å²) >= 11 is 1.52. The molecule has 0 atom stereocenters. The Morgan fingerprint density at radius 2 is 2.21 bits per heavy atom. The van der Waals surface area contributed by atoms with Crippen LogP contribution in [0.2, 0.25) is 0 Å². The van der Waals surface area contributed by atoms with E-state index in [-0.39, 0.29) is 10.6 Å². The zero-order valence-corrected chi connectivity index (χ0v) is 11.9. The highest BCUT2D eigenvalue weighted by molar-refractivity contribution is 7.22. The first-order valence-corrected chi connectivity index (χ1v) is 7.27. The molecule has 0 aliphatic carbocycles.